The van der Waals surface area contributed by atoms with Crippen LogP contribution in [0.25, 0.3) is 21.9 Å². The zero-order valence-corrected chi connectivity index (χ0v) is 11.0. The monoisotopic (exact) mass is 280 g/mol. The Hall–Kier alpha value is -3.08. The molecule has 4 N–H and O–H groups in total. The minimum absolute atomic E-state index is 0.288. The number of rotatable bonds is 2. The fourth-order valence-electron chi connectivity index (χ4n) is 2.43. The number of carbonyl (C=O) groups is 1. The van der Waals surface area contributed by atoms with E-state index < -0.39 is 11.5 Å². The SMILES string of the molecule is NC(=O)c1ccc2ccccc2c1-c1ccc(=O)[nH]c1O. The van der Waals surface area contributed by atoms with Gasteiger partial charge in [0.1, 0.15) is 0 Å². The Kier molecular flexibility index (Phi) is 2.95. The highest BCUT2D eigenvalue weighted by atomic mass is 16.3. The van der Waals surface area contributed by atoms with Crippen LogP contribution in [0.1, 0.15) is 10.4 Å². The maximum absolute atomic E-state index is 11.7. The van der Waals surface area contributed by atoms with Gasteiger partial charge in [-0.1, -0.05) is 30.3 Å². The number of fused-ring (bicyclic) bond motifs is 1. The molecule has 3 aromatic rings. The van der Waals surface area contributed by atoms with E-state index in [9.17, 15) is 14.7 Å². The van der Waals surface area contributed by atoms with Gasteiger partial charge in [-0.3, -0.25) is 14.6 Å². The van der Waals surface area contributed by atoms with Crippen molar-refractivity contribution >= 4 is 16.7 Å². The number of amides is 1. The first-order valence-electron chi connectivity index (χ1n) is 6.32. The Bertz CT molecular complexity index is 913. The molecule has 0 bridgehead atoms. The molecule has 0 aliphatic heterocycles. The number of aromatic amines is 1. The van der Waals surface area contributed by atoms with Crippen LogP contribution < -0.4 is 11.3 Å². The van der Waals surface area contributed by atoms with E-state index in [-0.39, 0.29) is 11.4 Å². The summed E-state index contributed by atoms with van der Waals surface area (Å²) in [6.07, 6.45) is 0. The first-order valence-corrected chi connectivity index (χ1v) is 6.32. The number of hydrogen-bond acceptors (Lipinski definition) is 3. The lowest BCUT2D eigenvalue weighted by molar-refractivity contribution is 0.100. The fraction of sp³-hybridized carbons (Fsp3) is 0. The van der Waals surface area contributed by atoms with Crippen molar-refractivity contribution in [2.24, 2.45) is 5.73 Å². The number of nitrogens with two attached hydrogens (primary N) is 1. The zero-order chi connectivity index (χ0) is 15.0. The number of primary amides is 1. The molecule has 3 rings (SSSR count). The summed E-state index contributed by atoms with van der Waals surface area (Å²) >= 11 is 0. The first-order chi connectivity index (χ1) is 10.1. The summed E-state index contributed by atoms with van der Waals surface area (Å²) in [5.41, 5.74) is 6.17. The van der Waals surface area contributed by atoms with E-state index in [1.165, 1.54) is 12.1 Å². The Morgan fingerprint density at radius 3 is 2.52 bits per heavy atom. The lowest BCUT2D eigenvalue weighted by atomic mass is 9.93. The highest BCUT2D eigenvalue weighted by Crippen LogP contribution is 2.35. The van der Waals surface area contributed by atoms with Crippen LogP contribution in [0.4, 0.5) is 0 Å². The van der Waals surface area contributed by atoms with E-state index in [1.54, 1.807) is 12.1 Å². The average molecular weight is 280 g/mol. The average Bonchev–Trinajstić information content (AvgIpc) is 2.46. The van der Waals surface area contributed by atoms with Crippen molar-refractivity contribution in [3.63, 3.8) is 0 Å². The van der Waals surface area contributed by atoms with Gasteiger partial charge in [0.15, 0.2) is 5.88 Å². The van der Waals surface area contributed by atoms with Crippen molar-refractivity contribution < 1.29 is 9.90 Å². The van der Waals surface area contributed by atoms with Crippen LogP contribution in [0.15, 0.2) is 53.3 Å². The largest absolute Gasteiger partial charge is 0.494 e. The molecule has 5 nitrogen and oxygen atoms in total. The highest BCUT2D eigenvalue weighted by molar-refractivity contribution is 6.09. The number of aromatic nitrogens is 1. The normalized spacial score (nSPS) is 10.7. The van der Waals surface area contributed by atoms with Crippen molar-refractivity contribution in [1.82, 2.24) is 4.98 Å². The van der Waals surface area contributed by atoms with Crippen LogP contribution in [0.5, 0.6) is 5.88 Å². The minimum atomic E-state index is -0.596. The van der Waals surface area contributed by atoms with E-state index in [0.29, 0.717) is 11.1 Å². The summed E-state index contributed by atoms with van der Waals surface area (Å²) in [6, 6.07) is 13.6. The quantitative estimate of drug-likeness (QED) is 0.669. The number of aromatic hydroxyl groups is 1. The Morgan fingerprint density at radius 1 is 1.05 bits per heavy atom. The van der Waals surface area contributed by atoms with Crippen LogP contribution >= 0.6 is 0 Å². The van der Waals surface area contributed by atoms with Crippen LogP contribution in [0.3, 0.4) is 0 Å². The van der Waals surface area contributed by atoms with Crippen LogP contribution in [0, 0.1) is 0 Å². The number of nitrogens with one attached hydrogen (secondary N) is 1. The molecular weight excluding hydrogens is 268 g/mol. The Balaban J connectivity index is 2.46. The van der Waals surface area contributed by atoms with Crippen molar-refractivity contribution in [2.45, 2.75) is 0 Å². The molecular formula is C16H12N2O3. The van der Waals surface area contributed by atoms with Gasteiger partial charge in [0.25, 0.3) is 5.56 Å². The second kappa shape index (κ2) is 4.79. The van der Waals surface area contributed by atoms with E-state index in [1.807, 2.05) is 24.3 Å². The van der Waals surface area contributed by atoms with Crippen LogP contribution in [-0.4, -0.2) is 16.0 Å². The molecule has 0 saturated carbocycles. The molecule has 1 aromatic heterocycles. The topological polar surface area (TPSA) is 96.2 Å². The van der Waals surface area contributed by atoms with E-state index in [0.717, 1.165) is 10.8 Å². The molecule has 0 saturated heterocycles. The van der Waals surface area contributed by atoms with Crippen molar-refractivity contribution in [1.29, 1.82) is 0 Å². The minimum Gasteiger partial charge on any atom is -0.494 e. The molecule has 0 fully saturated rings. The number of carbonyl (C=O) groups excluding carboxylic acids is 1. The van der Waals surface area contributed by atoms with Crippen molar-refractivity contribution in [3.05, 3.63) is 64.4 Å². The molecule has 1 heterocycles. The predicted octanol–water partition coefficient (Wildman–Crippen LogP) is 2.00. The third kappa shape index (κ3) is 2.14. The van der Waals surface area contributed by atoms with Gasteiger partial charge < -0.3 is 10.8 Å². The number of hydrogen-bond donors (Lipinski definition) is 3. The molecule has 0 aliphatic rings. The number of H-pyrrole nitrogens is 1. The van der Waals surface area contributed by atoms with E-state index >= 15 is 0 Å². The van der Waals surface area contributed by atoms with Gasteiger partial charge in [-0.05, 0) is 22.9 Å². The Morgan fingerprint density at radius 2 is 1.81 bits per heavy atom. The Labute approximate surface area is 119 Å². The maximum atomic E-state index is 11.7. The van der Waals surface area contributed by atoms with Gasteiger partial charge in [0.2, 0.25) is 5.91 Å². The van der Waals surface area contributed by atoms with Gasteiger partial charge >= 0.3 is 0 Å². The van der Waals surface area contributed by atoms with Gasteiger partial charge in [-0.15, -0.1) is 0 Å². The summed E-state index contributed by atoms with van der Waals surface area (Å²) < 4.78 is 0. The molecule has 0 unspecified atom stereocenters. The second-order valence-corrected chi connectivity index (χ2v) is 4.66. The smallest absolute Gasteiger partial charge is 0.250 e. The lowest BCUT2D eigenvalue weighted by Crippen LogP contribution is -2.13. The molecule has 5 heteroatoms. The van der Waals surface area contributed by atoms with Gasteiger partial charge in [0.05, 0.1) is 0 Å². The molecule has 2 aromatic carbocycles. The van der Waals surface area contributed by atoms with E-state index in [2.05, 4.69) is 4.98 Å². The summed E-state index contributed by atoms with van der Waals surface area (Å²) in [6.45, 7) is 0. The highest BCUT2D eigenvalue weighted by Gasteiger charge is 2.16. The molecule has 1 amide bonds. The standard InChI is InChI=1S/C16H12N2O3/c17-15(20)11-6-5-9-3-1-2-4-10(9)14(11)12-7-8-13(19)18-16(12)21/h1-8H,(H2,17,20)(H2,18,19,21). The molecule has 104 valence electrons. The third-order valence-electron chi connectivity index (χ3n) is 3.36. The summed E-state index contributed by atoms with van der Waals surface area (Å²) in [5, 5.41) is 11.7. The maximum Gasteiger partial charge on any atom is 0.250 e. The molecule has 0 atom stereocenters. The van der Waals surface area contributed by atoms with Crippen LogP contribution in [-0.2, 0) is 0 Å². The first kappa shape index (κ1) is 12.9. The van der Waals surface area contributed by atoms with Crippen molar-refractivity contribution in [3.8, 4) is 17.0 Å². The van der Waals surface area contributed by atoms with Gasteiger partial charge in [-0.2, -0.15) is 0 Å². The lowest BCUT2D eigenvalue weighted by Gasteiger charge is -2.12. The van der Waals surface area contributed by atoms with E-state index in [4.69, 9.17) is 5.73 Å². The summed E-state index contributed by atoms with van der Waals surface area (Å²) in [5.74, 6) is -0.886. The molecule has 21 heavy (non-hydrogen) atoms. The number of benzene rings is 2. The fourth-order valence-corrected chi connectivity index (χ4v) is 2.43. The third-order valence-corrected chi connectivity index (χ3v) is 3.36. The summed E-state index contributed by atoms with van der Waals surface area (Å²) in [7, 11) is 0. The summed E-state index contributed by atoms with van der Waals surface area (Å²) in [4.78, 5) is 25.3. The predicted molar refractivity (Wildman–Crippen MR) is 80.2 cm³/mol. The zero-order valence-electron chi connectivity index (χ0n) is 11.0. The second-order valence-electron chi connectivity index (χ2n) is 4.66. The number of pyridine rings is 1. The van der Waals surface area contributed by atoms with Gasteiger partial charge in [-0.25, -0.2) is 0 Å². The molecule has 0 aliphatic carbocycles. The van der Waals surface area contributed by atoms with Crippen molar-refractivity contribution in [2.75, 3.05) is 0 Å². The van der Waals surface area contributed by atoms with Crippen LogP contribution in [0.2, 0.25) is 0 Å². The molecule has 0 radical (unpaired) electrons. The van der Waals surface area contributed by atoms with Gasteiger partial charge in [0, 0.05) is 22.8 Å². The molecule has 0 spiro atoms.